The number of amides is 1. The van der Waals surface area contributed by atoms with Gasteiger partial charge in [0.15, 0.2) is 5.96 Å². The van der Waals surface area contributed by atoms with Crippen molar-refractivity contribution in [1.29, 1.82) is 0 Å². The molecular weight excluding hydrogens is 358 g/mol. The minimum absolute atomic E-state index is 0.124. The lowest BCUT2D eigenvalue weighted by atomic mass is 10.2. The molecule has 1 aromatic carbocycles. The molecule has 0 bridgehead atoms. The van der Waals surface area contributed by atoms with Gasteiger partial charge in [-0.25, -0.2) is 4.98 Å². The van der Waals surface area contributed by atoms with E-state index in [2.05, 4.69) is 25.9 Å². The van der Waals surface area contributed by atoms with Crippen LogP contribution in [0.25, 0.3) is 0 Å². The van der Waals surface area contributed by atoms with E-state index in [9.17, 15) is 4.79 Å². The van der Waals surface area contributed by atoms with E-state index >= 15 is 0 Å². The van der Waals surface area contributed by atoms with Gasteiger partial charge in [-0.2, -0.15) is 0 Å². The number of aliphatic imine (C=N–C) groups is 1. The Morgan fingerprint density at radius 3 is 2.48 bits per heavy atom. The summed E-state index contributed by atoms with van der Waals surface area (Å²) in [6.45, 7) is 3.88. The molecule has 0 aliphatic heterocycles. The fourth-order valence-electron chi connectivity index (χ4n) is 2.09. The third kappa shape index (κ3) is 6.72. The predicted molar refractivity (Wildman–Crippen MR) is 104 cm³/mol. The Kier molecular flexibility index (Phi) is 7.69. The number of aryl methyl sites for hydroxylation is 1. The van der Waals surface area contributed by atoms with Crippen molar-refractivity contribution >= 4 is 34.8 Å². The van der Waals surface area contributed by atoms with Crippen molar-refractivity contribution in [3.63, 3.8) is 0 Å². The van der Waals surface area contributed by atoms with Crippen LogP contribution in [0.15, 0.2) is 35.5 Å². The molecule has 25 heavy (non-hydrogen) atoms. The van der Waals surface area contributed by atoms with Crippen LogP contribution in [-0.2, 0) is 6.42 Å². The van der Waals surface area contributed by atoms with E-state index in [0.29, 0.717) is 29.6 Å². The highest BCUT2D eigenvalue weighted by Gasteiger charge is 2.05. The molecule has 0 saturated heterocycles. The third-order valence-electron chi connectivity index (χ3n) is 3.33. The first-order valence-corrected chi connectivity index (χ1v) is 9.17. The van der Waals surface area contributed by atoms with Gasteiger partial charge < -0.3 is 16.0 Å². The Morgan fingerprint density at radius 2 is 1.84 bits per heavy atom. The summed E-state index contributed by atoms with van der Waals surface area (Å²) in [5.74, 6) is 0.578. The molecule has 0 aliphatic rings. The second-order valence-electron chi connectivity index (χ2n) is 5.30. The van der Waals surface area contributed by atoms with Crippen molar-refractivity contribution < 1.29 is 4.79 Å². The smallest absolute Gasteiger partial charge is 0.251 e. The maximum atomic E-state index is 12.0. The summed E-state index contributed by atoms with van der Waals surface area (Å²) in [5, 5.41) is 11.0. The van der Waals surface area contributed by atoms with Crippen molar-refractivity contribution in [1.82, 2.24) is 20.9 Å². The van der Waals surface area contributed by atoms with Crippen molar-refractivity contribution in [3.05, 3.63) is 50.9 Å². The first kappa shape index (κ1) is 19.2. The average Bonchev–Trinajstić information content (AvgIpc) is 3.02. The molecule has 1 amide bonds. The van der Waals surface area contributed by atoms with Gasteiger partial charge in [0, 0.05) is 54.8 Å². The van der Waals surface area contributed by atoms with Gasteiger partial charge in [0.1, 0.15) is 0 Å². The third-order valence-corrected chi connectivity index (χ3v) is 4.56. The summed E-state index contributed by atoms with van der Waals surface area (Å²) in [4.78, 5) is 21.7. The second kappa shape index (κ2) is 10.0. The number of thiazole rings is 1. The van der Waals surface area contributed by atoms with Gasteiger partial charge in [-0.3, -0.25) is 9.79 Å². The van der Waals surface area contributed by atoms with Crippen LogP contribution in [0.1, 0.15) is 20.2 Å². The number of guanidine groups is 1. The van der Waals surface area contributed by atoms with Crippen LogP contribution in [0.5, 0.6) is 0 Å². The number of nitrogens with zero attached hydrogens (tertiary/aromatic N) is 2. The van der Waals surface area contributed by atoms with Gasteiger partial charge in [0.25, 0.3) is 5.91 Å². The predicted octanol–water partition coefficient (Wildman–Crippen LogP) is 2.24. The molecule has 134 valence electrons. The molecule has 0 saturated carbocycles. The molecule has 0 atom stereocenters. The molecule has 3 N–H and O–H groups in total. The van der Waals surface area contributed by atoms with Crippen molar-refractivity contribution in [2.45, 2.75) is 13.3 Å². The number of carbonyl (C=O) groups excluding carboxylic acids is 1. The van der Waals surface area contributed by atoms with Crippen molar-refractivity contribution in [2.75, 3.05) is 26.7 Å². The number of hydrogen-bond acceptors (Lipinski definition) is 4. The maximum Gasteiger partial charge on any atom is 0.251 e. The Bertz CT molecular complexity index is 714. The molecule has 0 spiro atoms. The van der Waals surface area contributed by atoms with E-state index < -0.39 is 0 Å². The van der Waals surface area contributed by atoms with Crippen LogP contribution in [-0.4, -0.2) is 43.5 Å². The van der Waals surface area contributed by atoms with Crippen LogP contribution < -0.4 is 16.0 Å². The summed E-state index contributed by atoms with van der Waals surface area (Å²) in [7, 11) is 1.72. The van der Waals surface area contributed by atoms with Gasteiger partial charge in [-0.1, -0.05) is 11.6 Å². The Hall–Kier alpha value is -2.12. The highest BCUT2D eigenvalue weighted by Crippen LogP contribution is 2.11. The second-order valence-corrected chi connectivity index (χ2v) is 7.06. The topological polar surface area (TPSA) is 78.4 Å². The summed E-state index contributed by atoms with van der Waals surface area (Å²) < 4.78 is 0. The molecule has 8 heteroatoms. The molecule has 1 aromatic heterocycles. The van der Waals surface area contributed by atoms with Crippen LogP contribution in [0.2, 0.25) is 5.02 Å². The van der Waals surface area contributed by atoms with Gasteiger partial charge in [0.05, 0.1) is 5.01 Å². The van der Waals surface area contributed by atoms with E-state index in [1.165, 1.54) is 4.88 Å². The van der Waals surface area contributed by atoms with Crippen LogP contribution >= 0.6 is 22.9 Å². The van der Waals surface area contributed by atoms with E-state index in [0.717, 1.165) is 18.0 Å². The van der Waals surface area contributed by atoms with E-state index in [1.807, 2.05) is 13.1 Å². The quantitative estimate of drug-likeness (QED) is 0.391. The lowest BCUT2D eigenvalue weighted by Crippen LogP contribution is -2.42. The van der Waals surface area contributed by atoms with E-state index in [1.54, 1.807) is 42.6 Å². The molecule has 6 nitrogen and oxygen atoms in total. The van der Waals surface area contributed by atoms with Crippen LogP contribution in [0.4, 0.5) is 0 Å². The fourth-order valence-corrected chi connectivity index (χ4v) is 3.00. The molecule has 2 rings (SSSR count). The average molecular weight is 380 g/mol. The standard InChI is InChI=1S/C17H22ClN5OS/c1-12-11-23-15(25-12)7-8-21-17(19-2)22-10-9-20-16(24)13-3-5-14(18)6-4-13/h3-6,11H,7-10H2,1-2H3,(H,20,24)(H2,19,21,22). The lowest BCUT2D eigenvalue weighted by Gasteiger charge is -2.12. The number of benzene rings is 1. The largest absolute Gasteiger partial charge is 0.356 e. The Labute approximate surface area is 156 Å². The molecule has 0 unspecified atom stereocenters. The summed E-state index contributed by atoms with van der Waals surface area (Å²) in [6, 6.07) is 6.80. The van der Waals surface area contributed by atoms with Gasteiger partial charge in [-0.15, -0.1) is 11.3 Å². The fraction of sp³-hybridized carbons (Fsp3) is 0.353. The van der Waals surface area contributed by atoms with Gasteiger partial charge >= 0.3 is 0 Å². The SMILES string of the molecule is CN=C(NCCNC(=O)c1ccc(Cl)cc1)NCCc1ncc(C)s1. The zero-order chi connectivity index (χ0) is 18.1. The molecule has 2 aromatic rings. The Balaban J connectivity index is 1.63. The van der Waals surface area contributed by atoms with E-state index in [-0.39, 0.29) is 5.91 Å². The number of hydrogen-bond donors (Lipinski definition) is 3. The van der Waals surface area contributed by atoms with Crippen molar-refractivity contribution in [2.24, 2.45) is 4.99 Å². The zero-order valence-electron chi connectivity index (χ0n) is 14.3. The van der Waals surface area contributed by atoms with Crippen LogP contribution in [0, 0.1) is 6.92 Å². The number of carbonyl (C=O) groups is 1. The molecule has 1 heterocycles. The summed E-state index contributed by atoms with van der Waals surface area (Å²) in [6.07, 6.45) is 2.74. The normalized spacial score (nSPS) is 11.2. The zero-order valence-corrected chi connectivity index (χ0v) is 15.9. The van der Waals surface area contributed by atoms with E-state index in [4.69, 9.17) is 11.6 Å². The first-order valence-electron chi connectivity index (χ1n) is 7.98. The molecule has 0 radical (unpaired) electrons. The molecule has 0 fully saturated rings. The number of nitrogens with one attached hydrogen (secondary N) is 3. The number of aromatic nitrogens is 1. The minimum Gasteiger partial charge on any atom is -0.356 e. The van der Waals surface area contributed by atoms with Gasteiger partial charge in [-0.05, 0) is 31.2 Å². The highest BCUT2D eigenvalue weighted by atomic mass is 35.5. The Morgan fingerprint density at radius 1 is 1.16 bits per heavy atom. The van der Waals surface area contributed by atoms with Gasteiger partial charge in [0.2, 0.25) is 0 Å². The maximum absolute atomic E-state index is 12.0. The summed E-state index contributed by atoms with van der Waals surface area (Å²) >= 11 is 7.51. The minimum atomic E-state index is -0.124. The summed E-state index contributed by atoms with van der Waals surface area (Å²) in [5.41, 5.74) is 0.589. The number of halogens is 1. The molecule has 0 aliphatic carbocycles. The lowest BCUT2D eigenvalue weighted by molar-refractivity contribution is 0.0954. The first-order chi connectivity index (χ1) is 12.1. The van der Waals surface area contributed by atoms with Crippen LogP contribution in [0.3, 0.4) is 0 Å². The number of rotatable bonds is 7. The van der Waals surface area contributed by atoms with Crippen molar-refractivity contribution in [3.8, 4) is 0 Å². The highest BCUT2D eigenvalue weighted by molar-refractivity contribution is 7.11. The monoisotopic (exact) mass is 379 g/mol. The molecular formula is C17H22ClN5OS.